The molecule has 2 nitrogen and oxygen atoms in total. The zero-order valence-electron chi connectivity index (χ0n) is 20.2. The number of nitrogens with zero attached hydrogens (tertiary/aromatic N) is 1. The Bertz CT molecular complexity index is 1610. The van der Waals surface area contributed by atoms with E-state index in [1.54, 1.807) is 12.1 Å². The molecule has 204 valence electrons. The molecule has 0 aliphatic carbocycles. The second-order valence-corrected chi connectivity index (χ2v) is 10.4. The van der Waals surface area contributed by atoms with Gasteiger partial charge in [0.2, 0.25) is 0 Å². The molecule has 0 amide bonds. The maximum Gasteiger partial charge on any atom is 0.515 e. The van der Waals surface area contributed by atoms with E-state index >= 15 is 0 Å². The molecule has 0 N–H and O–H groups in total. The summed E-state index contributed by atoms with van der Waals surface area (Å²) in [5, 5.41) is 11.9. The van der Waals surface area contributed by atoms with Gasteiger partial charge in [-0.3, -0.25) is 0 Å². The van der Waals surface area contributed by atoms with Crippen LogP contribution in [0, 0.1) is 51.6 Å². The molecule has 0 spiro atoms. The fourth-order valence-electron chi connectivity index (χ4n) is 3.30. The SMILES string of the molecule is Fc1c(F)c(F)c([B-](F)(F)F)c(F)c1F.N#Cc1ccc(C[S+](=O)(C#Cc2ccccc2)c2ccccc2)cc1. The van der Waals surface area contributed by atoms with E-state index in [9.17, 15) is 39.1 Å². The molecule has 0 aromatic heterocycles. The Morgan fingerprint density at radius 1 is 0.650 bits per heavy atom. The number of hydrogen-bond acceptors (Lipinski definition) is 2. The Hall–Kier alpha value is -4.42. The summed E-state index contributed by atoms with van der Waals surface area (Å²) in [6.45, 7) is -6.30. The molecule has 0 saturated carbocycles. The minimum atomic E-state index is -6.30. The van der Waals surface area contributed by atoms with Crippen LogP contribution in [0.1, 0.15) is 16.7 Å². The maximum absolute atomic E-state index is 13.6. The van der Waals surface area contributed by atoms with Crippen LogP contribution in [0.25, 0.3) is 0 Å². The van der Waals surface area contributed by atoms with E-state index in [1.807, 2.05) is 72.8 Å². The van der Waals surface area contributed by atoms with Gasteiger partial charge in [-0.1, -0.05) is 52.7 Å². The van der Waals surface area contributed by atoms with Gasteiger partial charge in [-0.05, 0) is 47.8 Å². The number of halogens is 8. The van der Waals surface area contributed by atoms with Crippen molar-refractivity contribution in [3.63, 3.8) is 0 Å². The lowest BCUT2D eigenvalue weighted by atomic mass is 9.79. The summed E-state index contributed by atoms with van der Waals surface area (Å²) in [7, 11) is -2.58. The van der Waals surface area contributed by atoms with Gasteiger partial charge in [-0.2, -0.15) is 5.26 Å². The van der Waals surface area contributed by atoms with Crippen LogP contribution in [-0.2, 0) is 19.9 Å². The van der Waals surface area contributed by atoms with Crippen molar-refractivity contribution in [2.75, 3.05) is 0 Å². The van der Waals surface area contributed by atoms with Gasteiger partial charge >= 0.3 is 6.98 Å². The molecular formula is C28H16BF8NOS. The molecular weight excluding hydrogens is 561 g/mol. The Morgan fingerprint density at radius 3 is 1.60 bits per heavy atom. The third-order valence-electron chi connectivity index (χ3n) is 5.28. The Labute approximate surface area is 225 Å². The molecule has 0 heterocycles. The van der Waals surface area contributed by atoms with E-state index in [0.29, 0.717) is 11.3 Å². The summed E-state index contributed by atoms with van der Waals surface area (Å²) in [6, 6.07) is 28.2. The Balaban J connectivity index is 0.000000252. The highest BCUT2D eigenvalue weighted by atomic mass is 32.2. The predicted octanol–water partition coefficient (Wildman–Crippen LogP) is 7.06. The third-order valence-corrected chi connectivity index (χ3v) is 7.49. The lowest BCUT2D eigenvalue weighted by Gasteiger charge is -2.17. The Morgan fingerprint density at radius 2 is 1.12 bits per heavy atom. The van der Waals surface area contributed by atoms with Crippen molar-refractivity contribution in [3.05, 3.63) is 131 Å². The van der Waals surface area contributed by atoms with Crippen molar-refractivity contribution in [2.24, 2.45) is 0 Å². The second kappa shape index (κ2) is 12.6. The first-order chi connectivity index (χ1) is 18.9. The van der Waals surface area contributed by atoms with Crippen LogP contribution in [0.3, 0.4) is 0 Å². The molecule has 0 aliphatic rings. The number of benzene rings is 4. The molecule has 0 aliphatic heterocycles. The molecule has 0 fully saturated rings. The number of hydrogen-bond donors (Lipinski definition) is 0. The summed E-state index contributed by atoms with van der Waals surface area (Å²) in [5.41, 5.74) is -0.405. The summed E-state index contributed by atoms with van der Waals surface area (Å²) < 4.78 is 111. The first-order valence-electron chi connectivity index (χ1n) is 11.2. The minimum Gasteiger partial charge on any atom is -0.445 e. The smallest absolute Gasteiger partial charge is 0.445 e. The highest BCUT2D eigenvalue weighted by molar-refractivity contribution is 8.06. The molecule has 1 unspecified atom stereocenters. The largest absolute Gasteiger partial charge is 0.515 e. The van der Waals surface area contributed by atoms with Crippen molar-refractivity contribution < 1.29 is 39.1 Å². The van der Waals surface area contributed by atoms with Gasteiger partial charge in [-0.15, -0.1) is 0 Å². The van der Waals surface area contributed by atoms with E-state index in [2.05, 4.69) is 17.2 Å². The topological polar surface area (TPSA) is 40.9 Å². The minimum absolute atomic E-state index is 0.322. The number of nitriles is 1. The normalized spacial score (nSPS) is 12.2. The number of rotatable bonds is 4. The van der Waals surface area contributed by atoms with Crippen LogP contribution in [0.2, 0.25) is 0 Å². The summed E-state index contributed by atoms with van der Waals surface area (Å²) in [5.74, 6) is -10.2. The average Bonchev–Trinajstić information content (AvgIpc) is 2.95. The van der Waals surface area contributed by atoms with Crippen molar-refractivity contribution in [2.45, 2.75) is 10.6 Å². The quantitative estimate of drug-likeness (QED) is 0.0651. The van der Waals surface area contributed by atoms with Crippen molar-refractivity contribution in [3.8, 4) is 17.2 Å². The second-order valence-electron chi connectivity index (χ2n) is 8.09. The van der Waals surface area contributed by atoms with Crippen LogP contribution < -0.4 is 5.46 Å². The highest BCUT2D eigenvalue weighted by Crippen LogP contribution is 2.24. The Kier molecular flexibility index (Phi) is 9.51. The van der Waals surface area contributed by atoms with Gasteiger partial charge in [0, 0.05) is 11.1 Å². The standard InChI is InChI=1S/C22H16NOS.C6BF8/c23-17-20-11-13-21(14-12-20)18-25(24,22-9-5-2-6-10-22)16-15-19-7-3-1-4-8-19;8-2-1(7(13,14)15)3(9)5(11)6(12)4(2)10/h1-14H,18H2;/q+1;-1. The van der Waals surface area contributed by atoms with E-state index in [-0.39, 0.29) is 0 Å². The first kappa shape index (κ1) is 30.1. The van der Waals surface area contributed by atoms with Crippen LogP contribution in [0.4, 0.5) is 34.9 Å². The monoisotopic (exact) mass is 577 g/mol. The van der Waals surface area contributed by atoms with Crippen LogP contribution in [0.5, 0.6) is 0 Å². The highest BCUT2D eigenvalue weighted by Gasteiger charge is 2.38. The van der Waals surface area contributed by atoms with E-state index in [4.69, 9.17) is 5.26 Å². The fraction of sp³-hybridized carbons (Fsp3) is 0.0357. The molecule has 40 heavy (non-hydrogen) atoms. The fourth-order valence-corrected chi connectivity index (χ4v) is 5.20. The van der Waals surface area contributed by atoms with Crippen molar-refractivity contribution >= 4 is 22.4 Å². The average molecular weight is 577 g/mol. The lowest BCUT2D eigenvalue weighted by molar-refractivity contribution is 0.377. The zero-order valence-corrected chi connectivity index (χ0v) is 21.0. The van der Waals surface area contributed by atoms with Gasteiger partial charge in [0.25, 0.3) is 0 Å². The van der Waals surface area contributed by atoms with Crippen molar-refractivity contribution in [1.29, 1.82) is 5.26 Å². The van der Waals surface area contributed by atoms with E-state index in [0.717, 1.165) is 16.0 Å². The van der Waals surface area contributed by atoms with Crippen LogP contribution >= 0.6 is 0 Å². The van der Waals surface area contributed by atoms with Crippen molar-refractivity contribution in [1.82, 2.24) is 0 Å². The molecule has 0 bridgehead atoms. The summed E-state index contributed by atoms with van der Waals surface area (Å²) in [4.78, 5) is 0.725. The van der Waals surface area contributed by atoms with Gasteiger partial charge in [-0.25, -0.2) is 22.0 Å². The third kappa shape index (κ3) is 7.16. The predicted molar refractivity (Wildman–Crippen MR) is 136 cm³/mol. The molecule has 4 aromatic carbocycles. The van der Waals surface area contributed by atoms with Gasteiger partial charge in [0.15, 0.2) is 43.3 Å². The van der Waals surface area contributed by atoms with E-state index in [1.165, 1.54) is 0 Å². The zero-order chi connectivity index (χ0) is 29.5. The maximum atomic E-state index is 13.6. The molecule has 12 heteroatoms. The van der Waals surface area contributed by atoms with Crippen LogP contribution in [0.15, 0.2) is 89.8 Å². The molecule has 4 rings (SSSR count). The molecule has 1 atom stereocenters. The lowest BCUT2D eigenvalue weighted by Crippen LogP contribution is -2.41. The van der Waals surface area contributed by atoms with Gasteiger partial charge in [0.1, 0.15) is 11.6 Å². The van der Waals surface area contributed by atoms with Gasteiger partial charge in [0.05, 0.1) is 11.6 Å². The first-order valence-corrected chi connectivity index (χ1v) is 12.9. The van der Waals surface area contributed by atoms with Crippen LogP contribution in [-0.4, -0.2) is 6.98 Å². The van der Waals surface area contributed by atoms with Gasteiger partial charge < -0.3 is 12.9 Å². The summed E-state index contributed by atoms with van der Waals surface area (Å²) in [6.07, 6.45) is 0. The molecule has 0 saturated heterocycles. The summed E-state index contributed by atoms with van der Waals surface area (Å²) >= 11 is 0. The molecule has 0 radical (unpaired) electrons. The molecule has 4 aromatic rings. The van der Waals surface area contributed by atoms with E-state index < -0.39 is 51.5 Å².